The molecule has 0 rings (SSSR count). The molecule has 0 unspecified atom stereocenters. The second kappa shape index (κ2) is 12.5. The van der Waals surface area contributed by atoms with Crippen molar-refractivity contribution in [3.8, 4) is 0 Å². The van der Waals surface area contributed by atoms with E-state index in [1.807, 2.05) is 0 Å². The third kappa shape index (κ3) is 14.0. The Bertz CT molecular complexity index is 160. The Kier molecular flexibility index (Phi) is 14.2. The molecule has 0 aliphatic rings. The van der Waals surface area contributed by atoms with Gasteiger partial charge in [0.05, 0.1) is 0 Å². The Labute approximate surface area is 91.8 Å². The number of carboxylic acid groups (broad SMARTS) is 1. The Morgan fingerprint density at radius 2 is 1.71 bits per heavy atom. The first kappa shape index (κ1) is 15.9. The van der Waals surface area contributed by atoms with Gasteiger partial charge in [-0.1, -0.05) is 25.3 Å². The van der Waals surface area contributed by atoms with Gasteiger partial charge in [-0.15, -0.1) is 12.4 Å². The maximum atomic E-state index is 10.1. The highest BCUT2D eigenvalue weighted by Gasteiger charge is 1.89. The first-order valence-electron chi connectivity index (χ1n) is 4.87. The topological polar surface area (TPSA) is 63.3 Å². The average Bonchev–Trinajstić information content (AvgIpc) is 2.09. The second-order valence-corrected chi connectivity index (χ2v) is 3.09. The fraction of sp³-hybridized carbons (Fsp3) is 0.700. The summed E-state index contributed by atoms with van der Waals surface area (Å²) in [6.45, 7) is 0.777. The van der Waals surface area contributed by atoms with Gasteiger partial charge in [-0.2, -0.15) is 0 Å². The Hall–Kier alpha value is -0.540. The number of halogens is 1. The lowest BCUT2D eigenvalue weighted by molar-refractivity contribution is -0.131. The van der Waals surface area contributed by atoms with Gasteiger partial charge in [-0.25, -0.2) is 4.79 Å². The van der Waals surface area contributed by atoms with Crippen LogP contribution in [0.3, 0.4) is 0 Å². The van der Waals surface area contributed by atoms with E-state index in [1.54, 1.807) is 6.08 Å². The van der Waals surface area contributed by atoms with Gasteiger partial charge in [0.1, 0.15) is 0 Å². The molecule has 0 saturated carbocycles. The van der Waals surface area contributed by atoms with Crippen molar-refractivity contribution in [3.63, 3.8) is 0 Å². The molecular weight excluding hydrogens is 202 g/mol. The lowest BCUT2D eigenvalue weighted by atomic mass is 10.1. The number of aliphatic carboxylic acids is 1. The standard InChI is InChI=1S/C10H19NO2.ClH/c11-9-7-5-3-1-2-4-6-8-10(12)13;/h6,8H,1-5,7,9,11H2,(H,12,13);1H. The predicted molar refractivity (Wildman–Crippen MR) is 60.8 cm³/mol. The van der Waals surface area contributed by atoms with Crippen molar-refractivity contribution in [2.75, 3.05) is 6.54 Å². The number of allylic oxidation sites excluding steroid dienone is 1. The summed E-state index contributed by atoms with van der Waals surface area (Å²) < 4.78 is 0. The first-order valence-corrected chi connectivity index (χ1v) is 4.87. The van der Waals surface area contributed by atoms with Crippen molar-refractivity contribution >= 4 is 18.4 Å². The van der Waals surface area contributed by atoms with Gasteiger partial charge >= 0.3 is 5.97 Å². The Balaban J connectivity index is 0. The van der Waals surface area contributed by atoms with Crippen LogP contribution < -0.4 is 5.73 Å². The number of nitrogens with two attached hydrogens (primary N) is 1. The smallest absolute Gasteiger partial charge is 0.327 e. The number of unbranched alkanes of at least 4 members (excludes halogenated alkanes) is 5. The van der Waals surface area contributed by atoms with Gasteiger partial charge in [0.15, 0.2) is 0 Å². The van der Waals surface area contributed by atoms with Crippen molar-refractivity contribution in [1.29, 1.82) is 0 Å². The zero-order chi connectivity index (χ0) is 9.94. The van der Waals surface area contributed by atoms with Crippen molar-refractivity contribution in [3.05, 3.63) is 12.2 Å². The minimum Gasteiger partial charge on any atom is -0.478 e. The van der Waals surface area contributed by atoms with Crippen LogP contribution in [0.4, 0.5) is 0 Å². The maximum Gasteiger partial charge on any atom is 0.327 e. The lowest BCUT2D eigenvalue weighted by Gasteiger charge is -1.97. The normalized spacial score (nSPS) is 10.1. The molecule has 3 nitrogen and oxygen atoms in total. The van der Waals surface area contributed by atoms with E-state index < -0.39 is 5.97 Å². The highest BCUT2D eigenvalue weighted by Crippen LogP contribution is 2.04. The van der Waals surface area contributed by atoms with Gasteiger partial charge in [-0.3, -0.25) is 0 Å². The third-order valence-electron chi connectivity index (χ3n) is 1.84. The van der Waals surface area contributed by atoms with E-state index in [4.69, 9.17) is 10.8 Å². The molecule has 0 spiro atoms. The van der Waals surface area contributed by atoms with Crippen LogP contribution in [0.1, 0.15) is 38.5 Å². The average molecular weight is 222 g/mol. The summed E-state index contributed by atoms with van der Waals surface area (Å²) in [4.78, 5) is 10.1. The van der Waals surface area contributed by atoms with Gasteiger partial charge in [0.25, 0.3) is 0 Å². The molecule has 0 aromatic rings. The van der Waals surface area contributed by atoms with E-state index >= 15 is 0 Å². The Morgan fingerprint density at radius 1 is 1.14 bits per heavy atom. The first-order chi connectivity index (χ1) is 6.27. The minimum absolute atomic E-state index is 0. The highest BCUT2D eigenvalue weighted by molar-refractivity contribution is 5.85. The van der Waals surface area contributed by atoms with Crippen LogP contribution in [0.5, 0.6) is 0 Å². The number of hydrogen-bond acceptors (Lipinski definition) is 2. The van der Waals surface area contributed by atoms with Gasteiger partial charge in [0, 0.05) is 6.08 Å². The predicted octanol–water partition coefficient (Wildman–Crippen LogP) is 2.35. The van der Waals surface area contributed by atoms with E-state index in [0.29, 0.717) is 0 Å². The molecular formula is C10H20ClNO2. The molecule has 0 heterocycles. The van der Waals surface area contributed by atoms with Crippen molar-refractivity contribution in [2.24, 2.45) is 5.73 Å². The van der Waals surface area contributed by atoms with Crippen LogP contribution in [-0.4, -0.2) is 17.6 Å². The number of carboxylic acids is 1. The van der Waals surface area contributed by atoms with Crippen LogP contribution in [0.25, 0.3) is 0 Å². The summed E-state index contributed by atoms with van der Waals surface area (Å²) in [5.74, 6) is -0.858. The third-order valence-corrected chi connectivity index (χ3v) is 1.84. The Morgan fingerprint density at radius 3 is 2.29 bits per heavy atom. The summed E-state index contributed by atoms with van der Waals surface area (Å²) >= 11 is 0. The molecule has 0 bridgehead atoms. The van der Waals surface area contributed by atoms with Crippen LogP contribution in [0.2, 0.25) is 0 Å². The molecule has 0 fully saturated rings. The number of rotatable bonds is 8. The molecule has 3 N–H and O–H groups in total. The summed E-state index contributed by atoms with van der Waals surface area (Å²) in [6, 6.07) is 0. The molecule has 0 aliphatic carbocycles. The molecule has 0 aromatic carbocycles. The van der Waals surface area contributed by atoms with Gasteiger partial charge in [-0.05, 0) is 25.8 Å². The number of carbonyl (C=O) groups is 1. The summed E-state index contributed by atoms with van der Waals surface area (Å²) in [5, 5.41) is 8.29. The minimum atomic E-state index is -0.858. The van der Waals surface area contributed by atoms with Crippen molar-refractivity contribution < 1.29 is 9.90 Å². The fourth-order valence-corrected chi connectivity index (χ4v) is 1.12. The maximum absolute atomic E-state index is 10.1. The number of hydrogen-bond donors (Lipinski definition) is 2. The summed E-state index contributed by atoms with van der Waals surface area (Å²) in [6.07, 6.45) is 9.54. The quantitative estimate of drug-likeness (QED) is 0.489. The van der Waals surface area contributed by atoms with Crippen molar-refractivity contribution in [1.82, 2.24) is 0 Å². The second-order valence-electron chi connectivity index (χ2n) is 3.09. The molecule has 0 amide bonds. The zero-order valence-corrected chi connectivity index (χ0v) is 9.26. The molecule has 14 heavy (non-hydrogen) atoms. The van der Waals surface area contributed by atoms with Crippen LogP contribution in [-0.2, 0) is 4.79 Å². The molecule has 0 radical (unpaired) electrons. The molecule has 0 atom stereocenters. The molecule has 0 aliphatic heterocycles. The molecule has 0 saturated heterocycles. The van der Waals surface area contributed by atoms with Crippen LogP contribution in [0, 0.1) is 0 Å². The molecule has 84 valence electrons. The van der Waals surface area contributed by atoms with Crippen molar-refractivity contribution in [2.45, 2.75) is 38.5 Å². The van der Waals surface area contributed by atoms with E-state index in [9.17, 15) is 4.79 Å². The zero-order valence-electron chi connectivity index (χ0n) is 8.45. The van der Waals surface area contributed by atoms with E-state index in [2.05, 4.69) is 0 Å². The lowest BCUT2D eigenvalue weighted by Crippen LogP contribution is -1.97. The molecule has 4 heteroatoms. The molecule has 0 aromatic heterocycles. The highest BCUT2D eigenvalue weighted by atomic mass is 35.5. The summed E-state index contributed by atoms with van der Waals surface area (Å²) in [5.41, 5.74) is 5.35. The SMILES string of the molecule is Cl.NCCCCCCCC=CC(=O)O. The van der Waals surface area contributed by atoms with Gasteiger partial charge < -0.3 is 10.8 Å². The van der Waals surface area contributed by atoms with Crippen LogP contribution in [0.15, 0.2) is 12.2 Å². The van der Waals surface area contributed by atoms with E-state index in [-0.39, 0.29) is 12.4 Å². The fourth-order valence-electron chi connectivity index (χ4n) is 1.12. The van der Waals surface area contributed by atoms with E-state index in [0.717, 1.165) is 25.8 Å². The summed E-state index contributed by atoms with van der Waals surface area (Å²) in [7, 11) is 0. The van der Waals surface area contributed by atoms with E-state index in [1.165, 1.54) is 25.3 Å². The van der Waals surface area contributed by atoms with Crippen LogP contribution >= 0.6 is 12.4 Å². The van der Waals surface area contributed by atoms with Gasteiger partial charge in [0.2, 0.25) is 0 Å². The largest absolute Gasteiger partial charge is 0.478 e. The monoisotopic (exact) mass is 221 g/mol.